The number of nitrogens with zero attached hydrogens (tertiary/aromatic N) is 2. The van der Waals surface area contributed by atoms with Crippen molar-refractivity contribution in [3.05, 3.63) is 17.7 Å². The molecule has 1 aromatic rings. The molecule has 142 valence electrons. The summed E-state index contributed by atoms with van der Waals surface area (Å²) < 4.78 is 10.7. The summed E-state index contributed by atoms with van der Waals surface area (Å²) in [6.45, 7) is 3.13. The van der Waals surface area contributed by atoms with Crippen molar-refractivity contribution >= 4 is 17.5 Å². The van der Waals surface area contributed by atoms with Crippen molar-refractivity contribution in [1.82, 2.24) is 9.80 Å². The Morgan fingerprint density at radius 2 is 1.73 bits per heavy atom. The number of hydrogen-bond acceptors (Lipinski definition) is 5. The van der Waals surface area contributed by atoms with Crippen LogP contribution in [0.2, 0.25) is 0 Å². The minimum Gasteiger partial charge on any atom is -0.493 e. The second kappa shape index (κ2) is 7.95. The number of carbonyl (C=O) groups is 2. The van der Waals surface area contributed by atoms with Gasteiger partial charge < -0.3 is 24.6 Å². The van der Waals surface area contributed by atoms with Crippen LogP contribution in [0.4, 0.5) is 5.69 Å². The van der Waals surface area contributed by atoms with Gasteiger partial charge in [0.1, 0.15) is 0 Å². The first-order valence-electron chi connectivity index (χ1n) is 9.08. The molecular weight excluding hydrogens is 334 g/mol. The van der Waals surface area contributed by atoms with E-state index in [0.717, 1.165) is 45.4 Å². The molecule has 7 heteroatoms. The fraction of sp³-hybridized carbons (Fsp3) is 0.579. The Balaban J connectivity index is 1.90. The van der Waals surface area contributed by atoms with E-state index >= 15 is 0 Å². The Morgan fingerprint density at radius 3 is 2.31 bits per heavy atom. The van der Waals surface area contributed by atoms with Gasteiger partial charge in [0.15, 0.2) is 11.5 Å². The zero-order chi connectivity index (χ0) is 18.7. The molecule has 26 heavy (non-hydrogen) atoms. The van der Waals surface area contributed by atoms with E-state index in [1.807, 2.05) is 11.9 Å². The summed E-state index contributed by atoms with van der Waals surface area (Å²) >= 11 is 0. The highest BCUT2D eigenvalue weighted by atomic mass is 16.5. The fourth-order valence-electron chi connectivity index (χ4n) is 3.63. The van der Waals surface area contributed by atoms with Gasteiger partial charge >= 0.3 is 0 Å². The van der Waals surface area contributed by atoms with Gasteiger partial charge in [0.25, 0.3) is 5.91 Å². The molecule has 2 amide bonds. The van der Waals surface area contributed by atoms with Gasteiger partial charge in [-0.2, -0.15) is 0 Å². The van der Waals surface area contributed by atoms with Gasteiger partial charge in [-0.15, -0.1) is 0 Å². The van der Waals surface area contributed by atoms with Gasteiger partial charge in [-0.05, 0) is 38.9 Å². The largest absolute Gasteiger partial charge is 0.493 e. The van der Waals surface area contributed by atoms with Crippen molar-refractivity contribution in [2.24, 2.45) is 5.92 Å². The third kappa shape index (κ3) is 3.77. The predicted molar refractivity (Wildman–Crippen MR) is 98.9 cm³/mol. The number of rotatable bonds is 5. The minimum absolute atomic E-state index is 0.0583. The summed E-state index contributed by atoms with van der Waals surface area (Å²) in [5, 5.41) is 2.95. The van der Waals surface area contributed by atoms with Crippen LogP contribution in [0.15, 0.2) is 12.1 Å². The standard InChI is InChI=1S/C19H27N3O4/c1-21-9-6-13(12-21)18(23)20-15-11-17(26-3)16(25-2)10-14(15)19(24)22-7-4-5-8-22/h10-11,13H,4-9,12H2,1-3H3,(H,20,23). The highest BCUT2D eigenvalue weighted by molar-refractivity contribution is 6.05. The number of nitrogens with one attached hydrogen (secondary N) is 1. The molecule has 2 aliphatic rings. The van der Waals surface area contributed by atoms with Gasteiger partial charge in [-0.1, -0.05) is 0 Å². The highest BCUT2D eigenvalue weighted by Gasteiger charge is 2.29. The maximum Gasteiger partial charge on any atom is 0.256 e. The maximum absolute atomic E-state index is 13.0. The molecule has 0 radical (unpaired) electrons. The van der Waals surface area contributed by atoms with Crippen LogP contribution in [-0.2, 0) is 4.79 Å². The molecule has 2 saturated heterocycles. The number of amides is 2. The average Bonchev–Trinajstić information content (AvgIpc) is 3.32. The number of methoxy groups -OCH3 is 2. The number of carbonyl (C=O) groups excluding carboxylic acids is 2. The van der Waals surface area contributed by atoms with Gasteiger partial charge in [-0.25, -0.2) is 0 Å². The third-order valence-corrected chi connectivity index (χ3v) is 5.17. The highest BCUT2D eigenvalue weighted by Crippen LogP contribution is 2.35. The lowest BCUT2D eigenvalue weighted by atomic mass is 10.1. The molecule has 1 aromatic carbocycles. The Hall–Kier alpha value is -2.28. The molecule has 3 rings (SSSR count). The Bertz CT molecular complexity index is 686. The van der Waals surface area contributed by atoms with Crippen molar-refractivity contribution in [2.45, 2.75) is 19.3 Å². The SMILES string of the molecule is COc1cc(NC(=O)C2CCN(C)C2)c(C(=O)N2CCCC2)cc1OC. The van der Waals surface area contributed by atoms with Crippen LogP contribution in [0.3, 0.4) is 0 Å². The van der Waals surface area contributed by atoms with E-state index in [1.54, 1.807) is 12.1 Å². The van der Waals surface area contributed by atoms with Crippen LogP contribution in [0, 0.1) is 5.92 Å². The quantitative estimate of drug-likeness (QED) is 0.866. The van der Waals surface area contributed by atoms with E-state index < -0.39 is 0 Å². The number of hydrogen-bond donors (Lipinski definition) is 1. The molecule has 2 aliphatic heterocycles. The molecule has 2 heterocycles. The fourth-order valence-corrected chi connectivity index (χ4v) is 3.63. The molecule has 1 unspecified atom stereocenters. The van der Waals surface area contributed by atoms with Crippen molar-refractivity contribution in [1.29, 1.82) is 0 Å². The Kier molecular flexibility index (Phi) is 5.66. The molecule has 0 saturated carbocycles. The second-order valence-electron chi connectivity index (χ2n) is 6.99. The van der Waals surface area contributed by atoms with Crippen molar-refractivity contribution < 1.29 is 19.1 Å². The van der Waals surface area contributed by atoms with E-state index in [4.69, 9.17) is 9.47 Å². The summed E-state index contributed by atoms with van der Waals surface area (Å²) in [5.74, 6) is 0.764. The van der Waals surface area contributed by atoms with Crippen LogP contribution in [0.1, 0.15) is 29.6 Å². The molecule has 0 aromatic heterocycles. The van der Waals surface area contributed by atoms with Crippen molar-refractivity contribution in [2.75, 3.05) is 52.8 Å². The van der Waals surface area contributed by atoms with Crippen molar-refractivity contribution in [3.63, 3.8) is 0 Å². The van der Waals surface area contributed by atoms with Gasteiger partial charge in [0.2, 0.25) is 5.91 Å². The monoisotopic (exact) mass is 361 g/mol. The van der Waals surface area contributed by atoms with Crippen LogP contribution < -0.4 is 14.8 Å². The van der Waals surface area contributed by atoms with Crippen LogP contribution in [-0.4, -0.2) is 69.1 Å². The van der Waals surface area contributed by atoms with Crippen LogP contribution in [0.25, 0.3) is 0 Å². The number of ether oxygens (including phenoxy) is 2. The van der Waals surface area contributed by atoms with E-state index in [9.17, 15) is 9.59 Å². The maximum atomic E-state index is 13.0. The van der Waals surface area contributed by atoms with E-state index in [-0.39, 0.29) is 17.7 Å². The number of likely N-dealkylation sites (tertiary alicyclic amines) is 2. The molecule has 0 aliphatic carbocycles. The summed E-state index contributed by atoms with van der Waals surface area (Å²) in [6.07, 6.45) is 2.84. The lowest BCUT2D eigenvalue weighted by Crippen LogP contribution is -2.30. The molecule has 1 atom stereocenters. The topological polar surface area (TPSA) is 71.1 Å². The van der Waals surface area contributed by atoms with E-state index in [1.165, 1.54) is 14.2 Å². The molecule has 0 spiro atoms. The molecule has 0 bridgehead atoms. The normalized spacial score (nSPS) is 20.3. The molecule has 7 nitrogen and oxygen atoms in total. The third-order valence-electron chi connectivity index (χ3n) is 5.17. The van der Waals surface area contributed by atoms with Gasteiger partial charge in [-0.3, -0.25) is 9.59 Å². The Labute approximate surface area is 154 Å². The predicted octanol–water partition coefficient (Wildman–Crippen LogP) is 1.83. The second-order valence-corrected chi connectivity index (χ2v) is 6.99. The number of benzene rings is 1. The van der Waals surface area contributed by atoms with Crippen LogP contribution >= 0.6 is 0 Å². The summed E-state index contributed by atoms with van der Waals surface area (Å²) in [4.78, 5) is 29.6. The van der Waals surface area contributed by atoms with Crippen LogP contribution in [0.5, 0.6) is 11.5 Å². The first-order chi connectivity index (χ1) is 12.5. The molecule has 2 fully saturated rings. The van der Waals surface area contributed by atoms with Gasteiger partial charge in [0.05, 0.1) is 31.4 Å². The van der Waals surface area contributed by atoms with Gasteiger partial charge in [0, 0.05) is 25.7 Å². The lowest BCUT2D eigenvalue weighted by molar-refractivity contribution is -0.119. The molecule has 1 N–H and O–H groups in total. The van der Waals surface area contributed by atoms with E-state index in [0.29, 0.717) is 22.7 Å². The zero-order valence-corrected chi connectivity index (χ0v) is 15.7. The smallest absolute Gasteiger partial charge is 0.256 e. The zero-order valence-electron chi connectivity index (χ0n) is 15.7. The average molecular weight is 361 g/mol. The summed E-state index contributed by atoms with van der Waals surface area (Å²) in [7, 11) is 5.08. The number of anilines is 1. The Morgan fingerprint density at radius 1 is 1.08 bits per heavy atom. The first kappa shape index (κ1) is 18.5. The first-order valence-corrected chi connectivity index (χ1v) is 9.08. The minimum atomic E-state index is -0.0812. The van der Waals surface area contributed by atoms with Crippen molar-refractivity contribution in [3.8, 4) is 11.5 Å². The lowest BCUT2D eigenvalue weighted by Gasteiger charge is -2.21. The summed E-state index contributed by atoms with van der Waals surface area (Å²) in [6, 6.07) is 3.34. The molecular formula is C19H27N3O4. The summed E-state index contributed by atoms with van der Waals surface area (Å²) in [5.41, 5.74) is 0.934. The van der Waals surface area contributed by atoms with E-state index in [2.05, 4.69) is 10.2 Å².